The van der Waals surface area contributed by atoms with Gasteiger partial charge in [-0.05, 0) is 86.3 Å². The van der Waals surface area contributed by atoms with Gasteiger partial charge in [-0.3, -0.25) is 24.7 Å². The Morgan fingerprint density at radius 2 is 1.19 bits per heavy atom. The lowest BCUT2D eigenvalue weighted by Crippen LogP contribution is -2.50. The Labute approximate surface area is 434 Å². The number of nitrogens with two attached hydrogens (primary N) is 1. The summed E-state index contributed by atoms with van der Waals surface area (Å²) < 4.78 is 70.7. The number of nitrogens with one attached hydrogen (secondary N) is 2. The molecule has 2 fully saturated rings. The lowest BCUT2D eigenvalue weighted by molar-refractivity contribution is -0.192. The lowest BCUT2D eigenvalue weighted by atomic mass is 10.0. The molecule has 2 aliphatic rings. The van der Waals surface area contributed by atoms with E-state index in [2.05, 4.69) is 20.7 Å². The molecule has 0 bridgehead atoms. The van der Waals surface area contributed by atoms with Crippen LogP contribution >= 0.6 is 69.1 Å². The van der Waals surface area contributed by atoms with Crippen molar-refractivity contribution in [2.24, 2.45) is 5.73 Å². The number of aromatic nitrogens is 2. The summed E-state index contributed by atoms with van der Waals surface area (Å²) in [5, 5.41) is 22.3. The number of ether oxygens (including phenoxy) is 2. The summed E-state index contributed by atoms with van der Waals surface area (Å²) in [5.74, 6) is -4.97. The number of hydrogen-bond acceptors (Lipinski definition) is 14. The molecule has 6 N–H and O–H groups in total. The first kappa shape index (κ1) is 57.4. The number of hydrogen-bond donors (Lipinski definition) is 5. The normalized spacial score (nSPS) is 14.4. The van der Waals surface area contributed by atoms with E-state index in [0.717, 1.165) is 71.6 Å². The fraction of sp³-hybridized carbons (Fsp3) is 0.311. The first-order valence-electron chi connectivity index (χ1n) is 21.2. The van der Waals surface area contributed by atoms with Crippen molar-refractivity contribution >= 4 is 119 Å². The number of aromatic carboxylic acids is 1. The number of fused-ring (bicyclic) bond motifs is 2. The number of rotatable bonds is 12. The number of benzene rings is 4. The van der Waals surface area contributed by atoms with E-state index >= 15 is 0 Å². The van der Waals surface area contributed by atoms with Gasteiger partial charge >= 0.3 is 18.1 Å². The van der Waals surface area contributed by atoms with Crippen LogP contribution in [0.3, 0.4) is 0 Å². The van der Waals surface area contributed by atoms with E-state index in [1.807, 2.05) is 16.0 Å². The second-order valence-electron chi connectivity index (χ2n) is 15.5. The highest BCUT2D eigenvalue weighted by molar-refractivity contribution is 7.20. The molecule has 2 aromatic heterocycles. The minimum absolute atomic E-state index is 0.00571. The molecule has 2 saturated heterocycles. The number of amides is 2. The van der Waals surface area contributed by atoms with Crippen LogP contribution in [0.5, 0.6) is 11.5 Å². The molecule has 386 valence electrons. The number of ketones is 1. The third-order valence-electron chi connectivity index (χ3n) is 10.0. The van der Waals surface area contributed by atoms with Gasteiger partial charge in [0.1, 0.15) is 29.7 Å². The van der Waals surface area contributed by atoms with Crippen molar-refractivity contribution in [1.82, 2.24) is 30.6 Å². The molecule has 0 radical (unpaired) electrons. The van der Waals surface area contributed by atoms with Gasteiger partial charge in [-0.2, -0.15) is 13.2 Å². The minimum atomic E-state index is -5.08. The Hall–Kier alpha value is -5.50. The number of carbonyl (C=O) groups excluding carboxylic acids is 3. The fourth-order valence-corrected chi connectivity index (χ4v) is 8.63. The quantitative estimate of drug-likeness (QED) is 0.0721. The number of aliphatic carboxylic acids is 1. The van der Waals surface area contributed by atoms with Crippen molar-refractivity contribution in [3.8, 4) is 11.5 Å². The minimum Gasteiger partial charge on any atom is -0.486 e. The average Bonchev–Trinajstić information content (AvgIpc) is 3.96. The summed E-state index contributed by atoms with van der Waals surface area (Å²) in [5.41, 5.74) is 9.85. The summed E-state index contributed by atoms with van der Waals surface area (Å²) >= 11 is 25.4. The van der Waals surface area contributed by atoms with Crippen LogP contribution in [0.25, 0.3) is 20.4 Å². The maximum absolute atomic E-state index is 13.4. The summed E-state index contributed by atoms with van der Waals surface area (Å²) in [6, 6.07) is 18.9. The van der Waals surface area contributed by atoms with E-state index in [0.29, 0.717) is 39.2 Å². The van der Waals surface area contributed by atoms with Gasteiger partial charge in [-0.15, -0.1) is 22.7 Å². The molecule has 16 nitrogen and oxygen atoms in total. The topological polar surface area (TPSA) is 227 Å². The number of nitrogens with zero attached hydrogens (tertiary/aromatic N) is 4. The van der Waals surface area contributed by atoms with E-state index in [1.165, 1.54) is 35.6 Å². The van der Waals surface area contributed by atoms with Gasteiger partial charge in [0, 0.05) is 60.4 Å². The van der Waals surface area contributed by atoms with Gasteiger partial charge in [0.25, 0.3) is 11.8 Å². The number of piperidine rings is 2. The predicted octanol–water partition coefficient (Wildman–Crippen LogP) is 9.18. The molecule has 0 unspecified atom stereocenters. The maximum atomic E-state index is 13.4. The van der Waals surface area contributed by atoms with Gasteiger partial charge in [0.05, 0.1) is 37.0 Å². The average molecular weight is 1130 g/mol. The Morgan fingerprint density at radius 3 is 1.68 bits per heavy atom. The molecule has 8 rings (SSSR count). The number of Topliss-reactive ketones (excluding diaryl/α,β-unsaturated/α-hetero) is 1. The molecule has 0 spiro atoms. The molecule has 2 aliphatic heterocycles. The van der Waals surface area contributed by atoms with Crippen LogP contribution in [0.1, 0.15) is 45.3 Å². The van der Waals surface area contributed by atoms with Crippen LogP contribution in [0, 0.1) is 11.6 Å². The first-order chi connectivity index (χ1) is 34.0. The predicted molar refractivity (Wildman–Crippen MR) is 263 cm³/mol. The fourth-order valence-electron chi connectivity index (χ4n) is 6.43. The standard InChI is InChI=1S/C22H20Cl2FN3O3S.C13H17ClFN3O2.C8H4ClNO2S.C2HF3O2/c23-13-1-4-20-19(9-13)27-22(32-20)21(30)26-14-5-7-28(8-6-14)11-15(29)12-31-16-2-3-17(24)18(25)10-16;14-11-2-1-10(7-12(11)15)20-8-13(19)17-18-5-3-9(16)4-6-18;9-4-1-2-6-5(3-4)10-7(13-6)8(11)12;3-2(4,5)1(6)7/h1-4,9-10,14H,5-8,11-12H2,(H,26,30);1-2,7,9H,3-6,8,16H2,(H,17,19);1-3H,(H,11,12);(H,6,7). The highest BCUT2D eigenvalue weighted by Gasteiger charge is 2.38. The zero-order valence-corrected chi connectivity index (χ0v) is 41.9. The van der Waals surface area contributed by atoms with Crippen LogP contribution in [-0.2, 0) is 14.4 Å². The highest BCUT2D eigenvalue weighted by atomic mass is 35.5. The highest BCUT2D eigenvalue weighted by Crippen LogP contribution is 2.27. The lowest BCUT2D eigenvalue weighted by Gasteiger charge is -2.31. The Bertz CT molecular complexity index is 2870. The van der Waals surface area contributed by atoms with Crippen LogP contribution in [0.4, 0.5) is 22.0 Å². The number of hydrazine groups is 1. The van der Waals surface area contributed by atoms with E-state index in [9.17, 15) is 41.1 Å². The summed E-state index contributed by atoms with van der Waals surface area (Å²) in [7, 11) is 0. The molecule has 6 aromatic rings. The summed E-state index contributed by atoms with van der Waals surface area (Å²) in [4.78, 5) is 66.3. The second-order valence-corrected chi connectivity index (χ2v) is 19.3. The Kier molecular flexibility index (Phi) is 21.5. The first-order valence-corrected chi connectivity index (χ1v) is 24.3. The Morgan fingerprint density at radius 1 is 0.708 bits per heavy atom. The number of alkyl halides is 3. The van der Waals surface area contributed by atoms with Crippen LogP contribution in [0.2, 0.25) is 20.1 Å². The van der Waals surface area contributed by atoms with Crippen molar-refractivity contribution < 1.29 is 65.6 Å². The molecule has 27 heteroatoms. The van der Waals surface area contributed by atoms with Crippen molar-refractivity contribution in [3.63, 3.8) is 0 Å². The molecular formula is C45H42Cl4F5N7O9S2. The number of likely N-dealkylation sites (tertiary alicyclic amines) is 1. The van der Waals surface area contributed by atoms with E-state index in [1.54, 1.807) is 30.3 Å². The largest absolute Gasteiger partial charge is 0.490 e. The van der Waals surface area contributed by atoms with Gasteiger partial charge in [-0.1, -0.05) is 46.4 Å². The molecule has 72 heavy (non-hydrogen) atoms. The zero-order chi connectivity index (χ0) is 52.7. The molecule has 4 heterocycles. The monoisotopic (exact) mass is 1120 g/mol. The van der Waals surface area contributed by atoms with Gasteiger partial charge in [0.2, 0.25) is 5.01 Å². The van der Waals surface area contributed by atoms with Gasteiger partial charge in [0.15, 0.2) is 17.4 Å². The molecule has 0 atom stereocenters. The van der Waals surface area contributed by atoms with E-state index < -0.39 is 29.7 Å². The van der Waals surface area contributed by atoms with Crippen molar-refractivity contribution in [1.29, 1.82) is 0 Å². The van der Waals surface area contributed by atoms with E-state index in [4.69, 9.17) is 76.6 Å². The van der Waals surface area contributed by atoms with Crippen LogP contribution in [-0.4, -0.2) is 124 Å². The number of carboxylic acids is 2. The molecule has 0 aliphatic carbocycles. The molecular weight excluding hydrogens is 1080 g/mol. The number of thiazole rings is 2. The third-order valence-corrected chi connectivity index (χ3v) is 13.2. The van der Waals surface area contributed by atoms with Crippen molar-refractivity contribution in [2.45, 2.75) is 43.9 Å². The van der Waals surface area contributed by atoms with Crippen LogP contribution in [0.15, 0.2) is 72.8 Å². The summed E-state index contributed by atoms with van der Waals surface area (Å²) in [6.07, 6.45) is -1.91. The maximum Gasteiger partial charge on any atom is 0.490 e. The van der Waals surface area contributed by atoms with Crippen molar-refractivity contribution in [3.05, 3.63) is 115 Å². The van der Waals surface area contributed by atoms with Crippen LogP contribution < -0.4 is 25.9 Å². The third kappa shape index (κ3) is 18.5. The summed E-state index contributed by atoms with van der Waals surface area (Å²) in [6.45, 7) is 2.74. The smallest absolute Gasteiger partial charge is 0.486 e. The zero-order valence-electron chi connectivity index (χ0n) is 37.2. The molecule has 0 saturated carbocycles. The number of carboxylic acid groups (broad SMARTS) is 2. The molecule has 4 aromatic carbocycles. The SMILES string of the molecule is NC1CCN(NC(=O)COc2ccc(Cl)c(F)c2)CC1.O=C(COc1ccc(Cl)c(F)c1)CN1CCC(NC(=O)c2nc3cc(Cl)ccc3s2)CC1.O=C(O)C(F)(F)F.O=C(O)c1nc2cc(Cl)ccc2s1. The second kappa shape index (κ2) is 27.0. The van der Waals surface area contributed by atoms with Gasteiger partial charge in [-0.25, -0.2) is 33.3 Å². The van der Waals surface area contributed by atoms with E-state index in [-0.39, 0.29) is 76.0 Å². The molecule has 2 amide bonds. The Balaban J connectivity index is 0.000000204. The number of carbonyl (C=O) groups is 5. The number of halogens is 9. The van der Waals surface area contributed by atoms with Crippen molar-refractivity contribution in [2.75, 3.05) is 45.9 Å². The van der Waals surface area contributed by atoms with Gasteiger partial charge < -0.3 is 30.7 Å².